The van der Waals surface area contributed by atoms with E-state index in [0.717, 1.165) is 35.0 Å². The summed E-state index contributed by atoms with van der Waals surface area (Å²) in [5.74, 6) is 4.83. The second-order valence-electron chi connectivity index (χ2n) is 6.66. The third-order valence-corrected chi connectivity index (χ3v) is 5.94. The van der Waals surface area contributed by atoms with Crippen LogP contribution in [0.25, 0.3) is 0 Å². The Morgan fingerprint density at radius 1 is 1.33 bits per heavy atom. The highest BCUT2D eigenvalue weighted by Gasteiger charge is 2.73. The average molecular weight is 204 g/mol. The number of hydrogen-bond donors (Lipinski definition) is 0. The third kappa shape index (κ3) is 1.04. The van der Waals surface area contributed by atoms with Gasteiger partial charge in [0.05, 0.1) is 0 Å². The molecule has 3 unspecified atom stereocenters. The Labute approximate surface area is 94.1 Å². The first kappa shape index (κ1) is 9.93. The lowest BCUT2D eigenvalue weighted by molar-refractivity contribution is 0.142. The van der Waals surface area contributed by atoms with Gasteiger partial charge in [0, 0.05) is 0 Å². The molecule has 0 heteroatoms. The number of fused-ring (bicyclic) bond motifs is 1. The molecule has 0 nitrogen and oxygen atoms in total. The van der Waals surface area contributed by atoms with Crippen LogP contribution in [0, 0.1) is 35.0 Å². The van der Waals surface area contributed by atoms with Crippen molar-refractivity contribution in [2.24, 2.45) is 35.0 Å². The summed E-state index contributed by atoms with van der Waals surface area (Å²) in [4.78, 5) is 0. The Morgan fingerprint density at radius 2 is 2.07 bits per heavy atom. The molecule has 0 amide bonds. The number of allylic oxidation sites excluding steroid dienone is 1. The van der Waals surface area contributed by atoms with E-state index in [1.807, 2.05) is 0 Å². The molecule has 0 bridgehead atoms. The van der Waals surface area contributed by atoms with Crippen molar-refractivity contribution in [3.05, 3.63) is 12.2 Å². The summed E-state index contributed by atoms with van der Waals surface area (Å²) >= 11 is 0. The van der Waals surface area contributed by atoms with Crippen LogP contribution in [0.3, 0.4) is 0 Å². The van der Waals surface area contributed by atoms with Gasteiger partial charge in [0.2, 0.25) is 0 Å². The molecule has 1 spiro atoms. The van der Waals surface area contributed by atoms with Crippen LogP contribution in [0.5, 0.6) is 0 Å². The zero-order valence-corrected chi connectivity index (χ0v) is 10.4. The standard InChI is InChI=1S/C15H24/c1-9(2)12-6-5-11(4)15-8-7-10(3)13(15)14(12)15/h9,11-14H,3,5-8H2,1-2,4H3/t11-,12+,13?,14?,15?/m1/s1. The minimum absolute atomic E-state index is 0.740. The van der Waals surface area contributed by atoms with Gasteiger partial charge < -0.3 is 0 Å². The second kappa shape index (κ2) is 2.90. The van der Waals surface area contributed by atoms with Crippen molar-refractivity contribution < 1.29 is 0 Å². The Hall–Kier alpha value is -0.260. The van der Waals surface area contributed by atoms with Crippen LogP contribution in [0.15, 0.2) is 12.2 Å². The summed E-state index contributed by atoms with van der Waals surface area (Å²) in [6.45, 7) is 11.7. The normalized spacial score (nSPS) is 52.9. The molecule has 3 aliphatic rings. The van der Waals surface area contributed by atoms with Crippen molar-refractivity contribution >= 4 is 0 Å². The molecule has 15 heavy (non-hydrogen) atoms. The minimum atomic E-state index is 0.740. The van der Waals surface area contributed by atoms with Crippen LogP contribution >= 0.6 is 0 Å². The van der Waals surface area contributed by atoms with E-state index in [1.54, 1.807) is 5.57 Å². The van der Waals surface area contributed by atoms with Crippen LogP contribution < -0.4 is 0 Å². The smallest absolute Gasteiger partial charge is 0.0107 e. The first-order valence-electron chi connectivity index (χ1n) is 6.76. The highest BCUT2D eigenvalue weighted by atomic mass is 14.8. The van der Waals surface area contributed by atoms with E-state index in [0.29, 0.717) is 0 Å². The molecule has 84 valence electrons. The van der Waals surface area contributed by atoms with Crippen LogP contribution in [0.4, 0.5) is 0 Å². The van der Waals surface area contributed by atoms with E-state index in [2.05, 4.69) is 27.4 Å². The topological polar surface area (TPSA) is 0 Å². The van der Waals surface area contributed by atoms with Crippen molar-refractivity contribution in [1.29, 1.82) is 0 Å². The molecule has 0 aromatic carbocycles. The van der Waals surface area contributed by atoms with E-state index >= 15 is 0 Å². The average Bonchev–Trinajstić information content (AvgIpc) is 2.75. The molecule has 3 aliphatic carbocycles. The lowest BCUT2D eigenvalue weighted by atomic mass is 9.70. The largest absolute Gasteiger partial charge is 0.0995 e. The van der Waals surface area contributed by atoms with Gasteiger partial charge in [0.15, 0.2) is 0 Å². The monoisotopic (exact) mass is 204 g/mol. The predicted molar refractivity (Wildman–Crippen MR) is 64.5 cm³/mol. The second-order valence-corrected chi connectivity index (χ2v) is 6.66. The summed E-state index contributed by atoms with van der Waals surface area (Å²) in [6, 6.07) is 0. The van der Waals surface area contributed by atoms with Gasteiger partial charge in [-0.1, -0.05) is 32.9 Å². The van der Waals surface area contributed by atoms with Crippen molar-refractivity contribution in [2.45, 2.75) is 46.5 Å². The maximum Gasteiger partial charge on any atom is -0.0107 e. The molecule has 0 radical (unpaired) electrons. The summed E-state index contributed by atoms with van der Waals surface area (Å²) < 4.78 is 0. The number of hydrogen-bond acceptors (Lipinski definition) is 0. The van der Waals surface area contributed by atoms with Crippen LogP contribution in [0.1, 0.15) is 46.5 Å². The van der Waals surface area contributed by atoms with Gasteiger partial charge in [-0.25, -0.2) is 0 Å². The maximum atomic E-state index is 4.32. The molecule has 0 saturated heterocycles. The predicted octanol–water partition coefficient (Wildman–Crippen LogP) is 4.27. The highest BCUT2D eigenvalue weighted by molar-refractivity contribution is 5.33. The van der Waals surface area contributed by atoms with Gasteiger partial charge in [0.1, 0.15) is 0 Å². The molecule has 0 aromatic rings. The Balaban J connectivity index is 1.91. The molecule has 5 atom stereocenters. The van der Waals surface area contributed by atoms with Crippen LogP contribution in [0.2, 0.25) is 0 Å². The van der Waals surface area contributed by atoms with Crippen molar-refractivity contribution in [3.8, 4) is 0 Å². The number of rotatable bonds is 1. The molecular formula is C15H24. The van der Waals surface area contributed by atoms with Crippen molar-refractivity contribution in [3.63, 3.8) is 0 Å². The first-order valence-corrected chi connectivity index (χ1v) is 6.76. The van der Waals surface area contributed by atoms with Crippen LogP contribution in [-0.4, -0.2) is 0 Å². The van der Waals surface area contributed by atoms with Gasteiger partial charge in [-0.2, -0.15) is 0 Å². The van der Waals surface area contributed by atoms with Gasteiger partial charge in [-0.05, 0) is 60.7 Å². The fraction of sp³-hybridized carbons (Fsp3) is 0.867. The lowest BCUT2D eigenvalue weighted by Crippen LogP contribution is -2.27. The molecule has 3 fully saturated rings. The zero-order chi connectivity index (χ0) is 10.8. The summed E-state index contributed by atoms with van der Waals surface area (Å²) in [5, 5.41) is 0. The Morgan fingerprint density at radius 3 is 2.73 bits per heavy atom. The minimum Gasteiger partial charge on any atom is -0.0995 e. The molecule has 3 saturated carbocycles. The Bertz CT molecular complexity index is 301. The molecule has 0 heterocycles. The fourth-order valence-corrected chi connectivity index (χ4v) is 5.14. The summed E-state index contributed by atoms with van der Waals surface area (Å²) in [5.41, 5.74) is 2.34. The Kier molecular flexibility index (Phi) is 1.92. The third-order valence-electron chi connectivity index (χ3n) is 5.94. The SMILES string of the molecule is C=C1CCC23C1C2[C@H](C(C)C)CC[C@H]3C. The van der Waals surface area contributed by atoms with E-state index in [1.165, 1.54) is 25.7 Å². The molecule has 0 N–H and O–H groups in total. The van der Waals surface area contributed by atoms with E-state index in [4.69, 9.17) is 0 Å². The highest BCUT2D eigenvalue weighted by Crippen LogP contribution is 2.79. The van der Waals surface area contributed by atoms with E-state index < -0.39 is 0 Å². The fourth-order valence-electron chi connectivity index (χ4n) is 5.14. The van der Waals surface area contributed by atoms with Gasteiger partial charge in [0.25, 0.3) is 0 Å². The molecular weight excluding hydrogens is 180 g/mol. The maximum absolute atomic E-state index is 4.32. The van der Waals surface area contributed by atoms with Crippen LogP contribution in [-0.2, 0) is 0 Å². The summed E-state index contributed by atoms with van der Waals surface area (Å²) in [6.07, 6.45) is 5.75. The summed E-state index contributed by atoms with van der Waals surface area (Å²) in [7, 11) is 0. The van der Waals surface area contributed by atoms with Gasteiger partial charge >= 0.3 is 0 Å². The first-order chi connectivity index (χ1) is 7.09. The molecule has 3 rings (SSSR count). The van der Waals surface area contributed by atoms with Crippen molar-refractivity contribution in [1.82, 2.24) is 0 Å². The quantitative estimate of drug-likeness (QED) is 0.559. The lowest BCUT2D eigenvalue weighted by Gasteiger charge is -2.35. The van der Waals surface area contributed by atoms with E-state index in [9.17, 15) is 0 Å². The zero-order valence-electron chi connectivity index (χ0n) is 10.4. The van der Waals surface area contributed by atoms with Crippen molar-refractivity contribution in [2.75, 3.05) is 0 Å². The van der Waals surface area contributed by atoms with Gasteiger partial charge in [-0.3, -0.25) is 0 Å². The van der Waals surface area contributed by atoms with Gasteiger partial charge in [-0.15, -0.1) is 0 Å². The van der Waals surface area contributed by atoms with E-state index in [-0.39, 0.29) is 0 Å². The molecule has 0 aromatic heterocycles. The molecule has 0 aliphatic heterocycles.